The molecule has 20 heavy (non-hydrogen) atoms. The van der Waals surface area contributed by atoms with E-state index >= 15 is 0 Å². The molecule has 7 nitrogen and oxygen atoms in total. The average Bonchev–Trinajstić information content (AvgIpc) is 2.36. The van der Waals surface area contributed by atoms with Crippen LogP contribution in [0, 0.1) is 0 Å². The molecule has 1 rings (SSSR count). The molecule has 0 aliphatic heterocycles. The summed E-state index contributed by atoms with van der Waals surface area (Å²) in [7, 11) is 0. The van der Waals surface area contributed by atoms with Crippen molar-refractivity contribution in [1.82, 2.24) is 0 Å². The SMILES string of the molecule is [O]C(=O)C=Cc1cc(O)ccc1NC(=O)C=CC(=O)O. The van der Waals surface area contributed by atoms with E-state index < -0.39 is 17.8 Å². The number of amides is 1. The monoisotopic (exact) mass is 276 g/mol. The third kappa shape index (κ3) is 5.05. The quantitative estimate of drug-likeness (QED) is 0.545. The summed E-state index contributed by atoms with van der Waals surface area (Å²) in [5.41, 5.74) is 0.437. The minimum absolute atomic E-state index is 0.123. The zero-order valence-electron chi connectivity index (χ0n) is 10.1. The Bertz CT molecular complexity index is 603. The summed E-state index contributed by atoms with van der Waals surface area (Å²) >= 11 is 0. The molecule has 0 heterocycles. The Hall–Kier alpha value is -3.09. The molecule has 0 spiro atoms. The van der Waals surface area contributed by atoms with Gasteiger partial charge in [0.25, 0.3) is 0 Å². The lowest BCUT2D eigenvalue weighted by molar-refractivity contribution is -0.137. The summed E-state index contributed by atoms with van der Waals surface area (Å²) in [6.07, 6.45) is 3.33. The van der Waals surface area contributed by atoms with E-state index in [9.17, 15) is 24.6 Å². The summed E-state index contributed by atoms with van der Waals surface area (Å²) in [6, 6.07) is 3.86. The molecule has 0 bridgehead atoms. The van der Waals surface area contributed by atoms with Crippen molar-refractivity contribution >= 4 is 29.6 Å². The van der Waals surface area contributed by atoms with Gasteiger partial charge in [-0.25, -0.2) is 14.7 Å². The first-order chi connectivity index (χ1) is 9.38. The first-order valence-corrected chi connectivity index (χ1v) is 5.32. The van der Waals surface area contributed by atoms with Gasteiger partial charge in [-0.3, -0.25) is 4.79 Å². The van der Waals surface area contributed by atoms with E-state index in [2.05, 4.69) is 5.32 Å². The number of carboxylic acid groups (broad SMARTS) is 1. The summed E-state index contributed by atoms with van der Waals surface area (Å²) in [5, 5.41) is 30.4. The largest absolute Gasteiger partial charge is 0.508 e. The van der Waals surface area contributed by atoms with Gasteiger partial charge < -0.3 is 15.5 Å². The number of aliphatic carboxylic acids is 1. The van der Waals surface area contributed by atoms with Crippen molar-refractivity contribution in [2.24, 2.45) is 0 Å². The fourth-order valence-corrected chi connectivity index (χ4v) is 1.28. The van der Waals surface area contributed by atoms with Crippen LogP contribution in [0.1, 0.15) is 5.56 Å². The number of phenols is 1. The number of anilines is 1. The van der Waals surface area contributed by atoms with Crippen LogP contribution in [0.3, 0.4) is 0 Å². The number of carboxylic acids is 1. The lowest BCUT2D eigenvalue weighted by Crippen LogP contribution is -2.09. The molecule has 0 fully saturated rings. The molecule has 0 atom stereocenters. The number of rotatable bonds is 5. The van der Waals surface area contributed by atoms with Crippen molar-refractivity contribution in [1.29, 1.82) is 0 Å². The molecular formula is C13H10NO6. The van der Waals surface area contributed by atoms with E-state index in [0.29, 0.717) is 6.08 Å². The van der Waals surface area contributed by atoms with E-state index in [-0.39, 0.29) is 17.0 Å². The van der Waals surface area contributed by atoms with Crippen LogP contribution >= 0.6 is 0 Å². The van der Waals surface area contributed by atoms with Gasteiger partial charge in [-0.05, 0) is 24.3 Å². The van der Waals surface area contributed by atoms with Gasteiger partial charge in [0.2, 0.25) is 5.91 Å². The van der Waals surface area contributed by atoms with Gasteiger partial charge in [-0.2, -0.15) is 0 Å². The maximum absolute atomic E-state index is 11.4. The maximum Gasteiger partial charge on any atom is 0.379 e. The molecule has 1 aromatic rings. The van der Waals surface area contributed by atoms with Gasteiger partial charge in [0, 0.05) is 29.5 Å². The van der Waals surface area contributed by atoms with Crippen molar-refractivity contribution in [3.8, 4) is 5.75 Å². The summed E-state index contributed by atoms with van der Waals surface area (Å²) in [4.78, 5) is 32.0. The van der Waals surface area contributed by atoms with Gasteiger partial charge in [-0.1, -0.05) is 0 Å². The first kappa shape index (κ1) is 15.0. The zero-order chi connectivity index (χ0) is 15.1. The predicted octanol–water partition coefficient (Wildman–Crippen LogP) is 0.942. The Morgan fingerprint density at radius 1 is 1.10 bits per heavy atom. The Morgan fingerprint density at radius 3 is 2.40 bits per heavy atom. The predicted molar refractivity (Wildman–Crippen MR) is 68.2 cm³/mol. The minimum Gasteiger partial charge on any atom is -0.508 e. The highest BCUT2D eigenvalue weighted by Crippen LogP contribution is 2.22. The van der Waals surface area contributed by atoms with Crippen molar-refractivity contribution in [3.05, 3.63) is 42.0 Å². The van der Waals surface area contributed by atoms with Crippen LogP contribution in [0.15, 0.2) is 36.4 Å². The normalized spacial score (nSPS) is 10.8. The van der Waals surface area contributed by atoms with E-state index in [1.807, 2.05) is 0 Å². The standard InChI is InChI=1S/C13H10NO6/c15-9-2-3-10(8(7-9)1-5-12(17)18)14-11(16)4-6-13(19)20/h1-7,15H,(H,14,16)(H,19,20). The second kappa shape index (κ2) is 6.74. The number of nitrogens with one attached hydrogen (secondary N) is 1. The molecule has 1 aromatic carbocycles. The molecule has 0 saturated heterocycles. The lowest BCUT2D eigenvalue weighted by atomic mass is 10.1. The number of carbonyl (C=O) groups is 3. The molecule has 0 aliphatic carbocycles. The highest BCUT2D eigenvalue weighted by Gasteiger charge is 2.05. The van der Waals surface area contributed by atoms with Crippen LogP contribution in [0.2, 0.25) is 0 Å². The van der Waals surface area contributed by atoms with E-state index in [0.717, 1.165) is 18.2 Å². The average molecular weight is 276 g/mol. The first-order valence-electron chi connectivity index (χ1n) is 5.32. The Morgan fingerprint density at radius 2 is 1.80 bits per heavy atom. The lowest BCUT2D eigenvalue weighted by Gasteiger charge is -2.07. The Kier molecular flexibility index (Phi) is 5.04. The number of hydrogen-bond acceptors (Lipinski definition) is 4. The number of aromatic hydroxyl groups is 1. The molecule has 0 unspecified atom stereocenters. The molecule has 1 radical (unpaired) electrons. The third-order valence-corrected chi connectivity index (χ3v) is 2.07. The van der Waals surface area contributed by atoms with E-state index in [1.165, 1.54) is 18.2 Å². The topological polar surface area (TPSA) is 124 Å². The van der Waals surface area contributed by atoms with Crippen molar-refractivity contribution in [2.75, 3.05) is 5.32 Å². The van der Waals surface area contributed by atoms with Gasteiger partial charge in [-0.15, -0.1) is 0 Å². The molecular weight excluding hydrogens is 266 g/mol. The molecule has 3 N–H and O–H groups in total. The van der Waals surface area contributed by atoms with Crippen molar-refractivity contribution < 1.29 is 29.7 Å². The van der Waals surface area contributed by atoms with Crippen molar-refractivity contribution in [3.63, 3.8) is 0 Å². The molecule has 7 heteroatoms. The van der Waals surface area contributed by atoms with Gasteiger partial charge in [0.15, 0.2) is 0 Å². The maximum atomic E-state index is 11.4. The molecule has 1 amide bonds. The zero-order valence-corrected chi connectivity index (χ0v) is 10.1. The van der Waals surface area contributed by atoms with E-state index in [1.54, 1.807) is 0 Å². The van der Waals surface area contributed by atoms with Crippen LogP contribution in [-0.4, -0.2) is 28.1 Å². The molecule has 0 aliphatic rings. The van der Waals surface area contributed by atoms with Crippen LogP contribution in [0.4, 0.5) is 5.69 Å². The Balaban J connectivity index is 2.97. The van der Waals surface area contributed by atoms with Gasteiger partial charge >= 0.3 is 11.9 Å². The number of carbonyl (C=O) groups excluding carboxylic acids is 2. The second-order valence-electron chi connectivity index (χ2n) is 3.58. The number of benzene rings is 1. The highest BCUT2D eigenvalue weighted by molar-refractivity contribution is 6.03. The van der Waals surface area contributed by atoms with Crippen LogP contribution < -0.4 is 5.32 Å². The third-order valence-electron chi connectivity index (χ3n) is 2.07. The molecule has 103 valence electrons. The minimum atomic E-state index is -1.43. The van der Waals surface area contributed by atoms with Crippen molar-refractivity contribution in [2.45, 2.75) is 0 Å². The van der Waals surface area contributed by atoms with Gasteiger partial charge in [0.05, 0.1) is 0 Å². The van der Waals surface area contributed by atoms with E-state index in [4.69, 9.17) is 5.11 Å². The van der Waals surface area contributed by atoms with Crippen LogP contribution in [-0.2, 0) is 19.5 Å². The number of hydrogen-bond donors (Lipinski definition) is 3. The van der Waals surface area contributed by atoms with Crippen LogP contribution in [0.25, 0.3) is 6.08 Å². The highest BCUT2D eigenvalue weighted by atomic mass is 16.4. The number of phenolic OH excluding ortho intramolecular Hbond substituents is 1. The smallest absolute Gasteiger partial charge is 0.379 e. The Labute approximate surface area is 113 Å². The summed E-state index contributed by atoms with van der Waals surface area (Å²) in [6.45, 7) is 0. The van der Waals surface area contributed by atoms with Crippen LogP contribution in [0.5, 0.6) is 5.75 Å². The summed E-state index contributed by atoms with van der Waals surface area (Å²) in [5.74, 6) is -3.54. The fraction of sp³-hybridized carbons (Fsp3) is 0. The molecule has 0 aromatic heterocycles. The van der Waals surface area contributed by atoms with Gasteiger partial charge in [0.1, 0.15) is 5.75 Å². The fourth-order valence-electron chi connectivity index (χ4n) is 1.28. The molecule has 0 saturated carbocycles. The second-order valence-corrected chi connectivity index (χ2v) is 3.58. The summed E-state index contributed by atoms with van der Waals surface area (Å²) < 4.78 is 0.